The summed E-state index contributed by atoms with van der Waals surface area (Å²) in [4.78, 5) is 0.736. The average molecular weight is 308 g/mol. The van der Waals surface area contributed by atoms with Crippen LogP contribution in [0.2, 0.25) is 0 Å². The first-order chi connectivity index (χ1) is 10.1. The SMILES string of the molecule is Cc1ccc(S(=O)(=O)C2=C(C3CCCCO3)OCC2)cc1. The predicted octanol–water partition coefficient (Wildman–Crippen LogP) is 2.97. The minimum Gasteiger partial charge on any atom is -0.494 e. The third-order valence-corrected chi connectivity index (χ3v) is 5.94. The Kier molecular flexibility index (Phi) is 4.04. The molecule has 3 rings (SSSR count). The van der Waals surface area contributed by atoms with Crippen LogP contribution in [0.5, 0.6) is 0 Å². The van der Waals surface area contributed by atoms with E-state index < -0.39 is 9.84 Å². The van der Waals surface area contributed by atoms with E-state index in [0.717, 1.165) is 24.8 Å². The highest BCUT2D eigenvalue weighted by atomic mass is 32.2. The Morgan fingerprint density at radius 2 is 1.86 bits per heavy atom. The van der Waals surface area contributed by atoms with Crippen molar-refractivity contribution in [1.82, 2.24) is 0 Å². The molecule has 2 aliphatic heterocycles. The van der Waals surface area contributed by atoms with Crippen LogP contribution < -0.4 is 0 Å². The zero-order valence-electron chi connectivity index (χ0n) is 12.2. The molecule has 0 aromatic heterocycles. The van der Waals surface area contributed by atoms with Gasteiger partial charge in [-0.1, -0.05) is 17.7 Å². The highest BCUT2D eigenvalue weighted by molar-refractivity contribution is 7.95. The summed E-state index contributed by atoms with van der Waals surface area (Å²) in [6.45, 7) is 3.04. The van der Waals surface area contributed by atoms with Crippen LogP contribution in [0.3, 0.4) is 0 Å². The van der Waals surface area contributed by atoms with E-state index in [9.17, 15) is 8.42 Å². The van der Waals surface area contributed by atoms with Crippen LogP contribution in [-0.2, 0) is 19.3 Å². The van der Waals surface area contributed by atoms with Gasteiger partial charge < -0.3 is 9.47 Å². The van der Waals surface area contributed by atoms with Crippen molar-refractivity contribution in [2.75, 3.05) is 13.2 Å². The van der Waals surface area contributed by atoms with Crippen molar-refractivity contribution < 1.29 is 17.9 Å². The molecule has 0 spiro atoms. The van der Waals surface area contributed by atoms with Crippen molar-refractivity contribution in [1.29, 1.82) is 0 Å². The second-order valence-corrected chi connectivity index (χ2v) is 7.53. The number of aryl methyl sites for hydroxylation is 1. The van der Waals surface area contributed by atoms with Gasteiger partial charge in [0.05, 0.1) is 16.4 Å². The quantitative estimate of drug-likeness (QED) is 0.861. The Morgan fingerprint density at radius 3 is 2.52 bits per heavy atom. The second kappa shape index (κ2) is 5.81. The molecule has 0 saturated carbocycles. The summed E-state index contributed by atoms with van der Waals surface area (Å²) in [5.74, 6) is 0.537. The molecule has 1 unspecified atom stereocenters. The molecule has 114 valence electrons. The monoisotopic (exact) mass is 308 g/mol. The molecular formula is C16H20O4S. The second-order valence-electron chi connectivity index (χ2n) is 5.56. The molecule has 5 heteroatoms. The van der Waals surface area contributed by atoms with Gasteiger partial charge in [0.2, 0.25) is 9.84 Å². The summed E-state index contributed by atoms with van der Waals surface area (Å²) in [5, 5.41) is 0. The number of ether oxygens (including phenoxy) is 2. The van der Waals surface area contributed by atoms with Crippen molar-refractivity contribution in [3.05, 3.63) is 40.5 Å². The van der Waals surface area contributed by atoms with Gasteiger partial charge in [-0.3, -0.25) is 0 Å². The van der Waals surface area contributed by atoms with E-state index in [2.05, 4.69) is 0 Å². The molecule has 2 aliphatic rings. The molecule has 0 amide bonds. The summed E-state index contributed by atoms with van der Waals surface area (Å²) < 4.78 is 36.9. The molecule has 1 aromatic rings. The number of hydrogen-bond acceptors (Lipinski definition) is 4. The molecule has 1 saturated heterocycles. The highest BCUT2D eigenvalue weighted by Crippen LogP contribution is 2.34. The maximum atomic E-state index is 12.8. The van der Waals surface area contributed by atoms with Gasteiger partial charge in [0.1, 0.15) is 11.9 Å². The fourth-order valence-electron chi connectivity index (χ4n) is 2.80. The molecule has 0 radical (unpaired) electrons. The third kappa shape index (κ3) is 2.85. The van der Waals surface area contributed by atoms with Crippen LogP contribution in [0.25, 0.3) is 0 Å². The summed E-state index contributed by atoms with van der Waals surface area (Å²) >= 11 is 0. The number of rotatable bonds is 3. The Hall–Kier alpha value is -1.33. The Labute approximate surface area is 125 Å². The highest BCUT2D eigenvalue weighted by Gasteiger charge is 2.34. The van der Waals surface area contributed by atoms with E-state index in [0.29, 0.717) is 35.2 Å². The molecule has 2 heterocycles. The number of hydrogen-bond donors (Lipinski definition) is 0. The first-order valence-corrected chi connectivity index (χ1v) is 8.86. The van der Waals surface area contributed by atoms with Gasteiger partial charge in [-0.2, -0.15) is 0 Å². The standard InChI is InChI=1S/C16H20O4S/c1-12-5-7-13(8-6-12)21(17,18)15-9-11-20-16(15)14-4-2-3-10-19-14/h5-8,14H,2-4,9-11H2,1H3. The van der Waals surface area contributed by atoms with Crippen molar-refractivity contribution in [2.45, 2.75) is 43.6 Å². The van der Waals surface area contributed by atoms with Gasteiger partial charge in [0, 0.05) is 13.0 Å². The molecule has 4 nitrogen and oxygen atoms in total. The molecule has 1 atom stereocenters. The van der Waals surface area contributed by atoms with E-state index in [1.807, 2.05) is 19.1 Å². The zero-order valence-corrected chi connectivity index (χ0v) is 13.0. The molecule has 0 aliphatic carbocycles. The molecule has 1 aromatic carbocycles. The van der Waals surface area contributed by atoms with Gasteiger partial charge in [-0.05, 0) is 38.3 Å². The van der Waals surface area contributed by atoms with Gasteiger partial charge >= 0.3 is 0 Å². The lowest BCUT2D eigenvalue weighted by atomic mass is 10.1. The van der Waals surface area contributed by atoms with Crippen molar-refractivity contribution in [2.24, 2.45) is 0 Å². The lowest BCUT2D eigenvalue weighted by Crippen LogP contribution is -2.23. The topological polar surface area (TPSA) is 52.6 Å². The van der Waals surface area contributed by atoms with Crippen molar-refractivity contribution in [3.63, 3.8) is 0 Å². The van der Waals surface area contributed by atoms with Crippen LogP contribution in [0, 0.1) is 6.92 Å². The Balaban J connectivity index is 1.97. The fourth-order valence-corrected chi connectivity index (χ4v) is 4.39. The van der Waals surface area contributed by atoms with E-state index in [-0.39, 0.29) is 6.10 Å². The largest absolute Gasteiger partial charge is 0.494 e. The molecular weight excluding hydrogens is 288 g/mol. The lowest BCUT2D eigenvalue weighted by molar-refractivity contribution is 0.00535. The third-order valence-electron chi connectivity index (χ3n) is 3.99. The van der Waals surface area contributed by atoms with E-state index in [4.69, 9.17) is 9.47 Å². The summed E-state index contributed by atoms with van der Waals surface area (Å²) in [6, 6.07) is 6.96. The first kappa shape index (κ1) is 14.6. The van der Waals surface area contributed by atoms with Crippen LogP contribution in [0.4, 0.5) is 0 Å². The lowest BCUT2D eigenvalue weighted by Gasteiger charge is -2.24. The van der Waals surface area contributed by atoms with Crippen LogP contribution in [-0.4, -0.2) is 27.7 Å². The van der Waals surface area contributed by atoms with Crippen LogP contribution >= 0.6 is 0 Å². The van der Waals surface area contributed by atoms with Crippen LogP contribution in [0.1, 0.15) is 31.2 Å². The normalized spacial score (nSPS) is 23.2. The maximum Gasteiger partial charge on any atom is 0.206 e. The predicted molar refractivity (Wildman–Crippen MR) is 79.6 cm³/mol. The first-order valence-electron chi connectivity index (χ1n) is 7.38. The summed E-state index contributed by atoms with van der Waals surface area (Å²) in [6.07, 6.45) is 3.16. The molecule has 1 fully saturated rings. The molecule has 0 N–H and O–H groups in total. The average Bonchev–Trinajstić information content (AvgIpc) is 2.99. The fraction of sp³-hybridized carbons (Fsp3) is 0.500. The Morgan fingerprint density at radius 1 is 1.10 bits per heavy atom. The van der Waals surface area contributed by atoms with Crippen molar-refractivity contribution >= 4 is 9.84 Å². The smallest absolute Gasteiger partial charge is 0.206 e. The number of sulfone groups is 1. The van der Waals surface area contributed by atoms with Gasteiger partial charge in [0.15, 0.2) is 0 Å². The molecule has 0 bridgehead atoms. The summed E-state index contributed by atoms with van der Waals surface area (Å²) in [7, 11) is -3.48. The minimum absolute atomic E-state index is 0.198. The number of benzene rings is 1. The Bertz CT molecular complexity index is 637. The molecule has 21 heavy (non-hydrogen) atoms. The van der Waals surface area contributed by atoms with Crippen LogP contribution in [0.15, 0.2) is 39.8 Å². The summed E-state index contributed by atoms with van der Waals surface area (Å²) in [5.41, 5.74) is 1.04. The maximum absolute atomic E-state index is 12.8. The van der Waals surface area contributed by atoms with E-state index in [1.165, 1.54) is 0 Å². The minimum atomic E-state index is -3.48. The van der Waals surface area contributed by atoms with Gasteiger partial charge in [0.25, 0.3) is 0 Å². The van der Waals surface area contributed by atoms with E-state index in [1.54, 1.807) is 12.1 Å². The van der Waals surface area contributed by atoms with Crippen molar-refractivity contribution in [3.8, 4) is 0 Å². The van der Waals surface area contributed by atoms with E-state index >= 15 is 0 Å². The zero-order chi connectivity index (χ0) is 14.9. The van der Waals surface area contributed by atoms with Gasteiger partial charge in [-0.15, -0.1) is 0 Å². The van der Waals surface area contributed by atoms with Gasteiger partial charge in [-0.25, -0.2) is 8.42 Å².